The van der Waals surface area contributed by atoms with E-state index in [4.69, 9.17) is 14.6 Å². The molecule has 1 aromatic heterocycles. The molecule has 1 aromatic carbocycles. The monoisotopic (exact) mass is 280 g/mol. The van der Waals surface area contributed by atoms with E-state index in [1.807, 2.05) is 0 Å². The molecule has 0 saturated heterocycles. The molecule has 0 spiro atoms. The standard InChI is InChI=1S/C12H9FN2O5/c13-5-3-8-11(20-2-1-19-8)9(10(5)16)6-4-7(12(17)18)15-14-6/h3-4,16H,1-2H2,(H,14,15)(H,17,18). The maximum Gasteiger partial charge on any atom is 0.353 e. The van der Waals surface area contributed by atoms with Crippen LogP contribution in [0.3, 0.4) is 0 Å². The van der Waals surface area contributed by atoms with E-state index < -0.39 is 17.5 Å². The van der Waals surface area contributed by atoms with E-state index in [0.29, 0.717) is 0 Å². The summed E-state index contributed by atoms with van der Waals surface area (Å²) >= 11 is 0. The number of aromatic hydroxyl groups is 1. The molecular weight excluding hydrogens is 271 g/mol. The first-order valence-corrected chi connectivity index (χ1v) is 5.68. The molecule has 3 rings (SSSR count). The average Bonchev–Trinajstić information content (AvgIpc) is 2.90. The van der Waals surface area contributed by atoms with Gasteiger partial charge in [0.1, 0.15) is 24.6 Å². The first-order valence-electron chi connectivity index (χ1n) is 5.68. The van der Waals surface area contributed by atoms with Crippen molar-refractivity contribution in [2.24, 2.45) is 0 Å². The third kappa shape index (κ3) is 1.81. The Morgan fingerprint density at radius 2 is 2.10 bits per heavy atom. The van der Waals surface area contributed by atoms with Gasteiger partial charge in [-0.2, -0.15) is 5.10 Å². The number of ether oxygens (including phenoxy) is 2. The summed E-state index contributed by atoms with van der Waals surface area (Å²) in [7, 11) is 0. The first kappa shape index (κ1) is 12.3. The van der Waals surface area contributed by atoms with Crippen LogP contribution >= 0.6 is 0 Å². The van der Waals surface area contributed by atoms with Crippen LogP contribution in [0.15, 0.2) is 12.1 Å². The van der Waals surface area contributed by atoms with Crippen LogP contribution in [0.1, 0.15) is 10.5 Å². The van der Waals surface area contributed by atoms with Crippen molar-refractivity contribution in [3.8, 4) is 28.5 Å². The minimum atomic E-state index is -1.22. The Bertz CT molecular complexity index is 697. The Hall–Kier alpha value is -2.77. The summed E-state index contributed by atoms with van der Waals surface area (Å²) in [5.74, 6) is -2.51. The normalized spacial score (nSPS) is 13.2. The lowest BCUT2D eigenvalue weighted by molar-refractivity contribution is 0.0690. The fourth-order valence-electron chi connectivity index (χ4n) is 1.94. The van der Waals surface area contributed by atoms with Crippen LogP contribution in [-0.4, -0.2) is 39.6 Å². The van der Waals surface area contributed by atoms with Gasteiger partial charge in [-0.25, -0.2) is 9.18 Å². The van der Waals surface area contributed by atoms with Crippen LogP contribution in [0.25, 0.3) is 11.3 Å². The molecule has 7 nitrogen and oxygen atoms in total. The molecule has 104 valence electrons. The van der Waals surface area contributed by atoms with E-state index in [9.17, 15) is 14.3 Å². The van der Waals surface area contributed by atoms with Crippen LogP contribution in [0.4, 0.5) is 4.39 Å². The first-order chi connectivity index (χ1) is 9.58. The van der Waals surface area contributed by atoms with Gasteiger partial charge in [-0.15, -0.1) is 0 Å². The number of nitrogens with one attached hydrogen (secondary N) is 1. The number of benzene rings is 1. The van der Waals surface area contributed by atoms with Gasteiger partial charge in [0.2, 0.25) is 0 Å². The summed E-state index contributed by atoms with van der Waals surface area (Å²) in [6, 6.07) is 2.19. The van der Waals surface area contributed by atoms with Crippen LogP contribution in [-0.2, 0) is 0 Å². The SMILES string of the molecule is O=C(O)c1cc(-c2c(O)c(F)cc3c2OCCO3)n[nH]1. The number of carboxylic acids is 1. The molecule has 2 aromatic rings. The zero-order chi connectivity index (χ0) is 14.3. The van der Waals surface area contributed by atoms with Gasteiger partial charge < -0.3 is 19.7 Å². The molecule has 20 heavy (non-hydrogen) atoms. The molecule has 1 aliphatic rings. The minimum absolute atomic E-state index is 0.0385. The van der Waals surface area contributed by atoms with Crippen LogP contribution in [0.5, 0.6) is 17.2 Å². The van der Waals surface area contributed by atoms with Crippen molar-refractivity contribution in [3.05, 3.63) is 23.6 Å². The minimum Gasteiger partial charge on any atom is -0.504 e. The molecule has 1 aliphatic heterocycles. The average molecular weight is 280 g/mol. The number of H-pyrrole nitrogens is 1. The summed E-state index contributed by atoms with van der Waals surface area (Å²) in [6.07, 6.45) is 0. The molecule has 0 fully saturated rings. The number of aromatic carboxylic acids is 1. The van der Waals surface area contributed by atoms with E-state index in [-0.39, 0.29) is 41.7 Å². The molecule has 0 amide bonds. The molecule has 0 unspecified atom stereocenters. The quantitative estimate of drug-likeness (QED) is 0.767. The van der Waals surface area contributed by atoms with E-state index in [1.54, 1.807) is 0 Å². The number of hydrogen-bond donors (Lipinski definition) is 3. The zero-order valence-electron chi connectivity index (χ0n) is 10.0. The topological polar surface area (TPSA) is 105 Å². The highest BCUT2D eigenvalue weighted by atomic mass is 19.1. The van der Waals surface area contributed by atoms with Gasteiger partial charge in [0.25, 0.3) is 0 Å². The highest BCUT2D eigenvalue weighted by molar-refractivity contribution is 5.88. The second kappa shape index (κ2) is 4.41. The fraction of sp³-hybridized carbons (Fsp3) is 0.167. The molecule has 0 bridgehead atoms. The lowest BCUT2D eigenvalue weighted by atomic mass is 10.1. The third-order valence-electron chi connectivity index (χ3n) is 2.82. The Balaban J connectivity index is 2.20. The van der Waals surface area contributed by atoms with Crippen molar-refractivity contribution in [2.45, 2.75) is 0 Å². The number of hydrogen-bond acceptors (Lipinski definition) is 5. The van der Waals surface area contributed by atoms with Crippen LogP contribution < -0.4 is 9.47 Å². The van der Waals surface area contributed by atoms with E-state index in [0.717, 1.165) is 6.07 Å². The van der Waals surface area contributed by atoms with Gasteiger partial charge in [-0.05, 0) is 6.07 Å². The Morgan fingerprint density at radius 3 is 2.80 bits per heavy atom. The largest absolute Gasteiger partial charge is 0.504 e. The number of halogens is 1. The third-order valence-corrected chi connectivity index (χ3v) is 2.82. The maximum atomic E-state index is 13.7. The summed E-state index contributed by atoms with van der Waals surface area (Å²) < 4.78 is 24.3. The van der Waals surface area contributed by atoms with E-state index in [1.165, 1.54) is 6.07 Å². The second-order valence-electron chi connectivity index (χ2n) is 4.08. The summed E-state index contributed by atoms with van der Waals surface area (Å²) in [6.45, 7) is 0.499. The number of fused-ring (bicyclic) bond motifs is 1. The van der Waals surface area contributed by atoms with Gasteiger partial charge in [0.05, 0.1) is 5.56 Å². The number of rotatable bonds is 2. The number of phenols is 1. The lowest BCUT2D eigenvalue weighted by Crippen LogP contribution is -2.16. The van der Waals surface area contributed by atoms with Crippen molar-refractivity contribution < 1.29 is 28.9 Å². The maximum absolute atomic E-state index is 13.7. The Labute approximate surface area is 111 Å². The van der Waals surface area contributed by atoms with Crippen LogP contribution in [0.2, 0.25) is 0 Å². The number of phenolic OH excluding ortho intramolecular Hbond substituents is 1. The molecule has 3 N–H and O–H groups in total. The smallest absolute Gasteiger partial charge is 0.353 e. The molecule has 0 atom stereocenters. The highest BCUT2D eigenvalue weighted by Crippen LogP contribution is 2.46. The van der Waals surface area contributed by atoms with E-state index in [2.05, 4.69) is 10.2 Å². The highest BCUT2D eigenvalue weighted by Gasteiger charge is 2.26. The molecule has 0 saturated carbocycles. The predicted octanol–water partition coefficient (Wildman–Crippen LogP) is 1.39. The number of nitrogens with zero attached hydrogens (tertiary/aromatic N) is 1. The molecule has 2 heterocycles. The molecule has 8 heteroatoms. The van der Waals surface area contributed by atoms with Crippen molar-refractivity contribution in [1.82, 2.24) is 10.2 Å². The Kier molecular flexibility index (Phi) is 2.70. The molecule has 0 radical (unpaired) electrons. The number of aromatic nitrogens is 2. The van der Waals surface area contributed by atoms with Gasteiger partial charge >= 0.3 is 5.97 Å². The summed E-state index contributed by atoms with van der Waals surface area (Å²) in [4.78, 5) is 10.8. The number of carboxylic acid groups (broad SMARTS) is 1. The van der Waals surface area contributed by atoms with Gasteiger partial charge in [-0.3, -0.25) is 5.10 Å². The van der Waals surface area contributed by atoms with Gasteiger partial charge in [-0.1, -0.05) is 0 Å². The summed E-state index contributed by atoms with van der Waals surface area (Å²) in [5, 5.41) is 24.7. The lowest BCUT2D eigenvalue weighted by Gasteiger charge is -2.21. The van der Waals surface area contributed by atoms with Gasteiger partial charge in [0.15, 0.2) is 23.1 Å². The second-order valence-corrected chi connectivity index (χ2v) is 4.08. The summed E-state index contributed by atoms with van der Waals surface area (Å²) in [5.41, 5.74) is -0.168. The van der Waals surface area contributed by atoms with Crippen molar-refractivity contribution >= 4 is 5.97 Å². The number of carbonyl (C=O) groups is 1. The Morgan fingerprint density at radius 1 is 1.35 bits per heavy atom. The van der Waals surface area contributed by atoms with Crippen LogP contribution in [0, 0.1) is 5.82 Å². The van der Waals surface area contributed by atoms with Crippen molar-refractivity contribution in [1.29, 1.82) is 0 Å². The van der Waals surface area contributed by atoms with Gasteiger partial charge in [0, 0.05) is 6.07 Å². The fourth-order valence-corrected chi connectivity index (χ4v) is 1.94. The van der Waals surface area contributed by atoms with Crippen molar-refractivity contribution in [2.75, 3.05) is 13.2 Å². The van der Waals surface area contributed by atoms with Crippen molar-refractivity contribution in [3.63, 3.8) is 0 Å². The zero-order valence-corrected chi connectivity index (χ0v) is 10.0. The number of aromatic amines is 1. The predicted molar refractivity (Wildman–Crippen MR) is 63.6 cm³/mol. The molecular formula is C12H9FN2O5. The van der Waals surface area contributed by atoms with E-state index >= 15 is 0 Å². The molecule has 0 aliphatic carbocycles.